The van der Waals surface area contributed by atoms with Gasteiger partial charge in [0.25, 0.3) is 0 Å². The van der Waals surface area contributed by atoms with Gasteiger partial charge >= 0.3 is 0 Å². The molecule has 0 aliphatic carbocycles. The van der Waals surface area contributed by atoms with Gasteiger partial charge in [0.1, 0.15) is 12.4 Å². The predicted octanol–water partition coefficient (Wildman–Crippen LogP) is 4.25. The van der Waals surface area contributed by atoms with Crippen LogP contribution in [0.1, 0.15) is 24.1 Å². The van der Waals surface area contributed by atoms with Crippen LogP contribution in [0.2, 0.25) is 0 Å². The van der Waals surface area contributed by atoms with E-state index in [0.717, 1.165) is 16.9 Å². The zero-order valence-corrected chi connectivity index (χ0v) is 10.3. The Morgan fingerprint density at radius 1 is 1.06 bits per heavy atom. The molecule has 0 radical (unpaired) electrons. The van der Waals surface area contributed by atoms with E-state index in [4.69, 9.17) is 11.3 Å². The Hall–Kier alpha value is -2.27. The molecule has 0 saturated carbocycles. The van der Waals surface area contributed by atoms with Crippen molar-refractivity contribution in [3.05, 3.63) is 77.1 Å². The van der Waals surface area contributed by atoms with Gasteiger partial charge in [-0.3, -0.25) is 0 Å². The summed E-state index contributed by atoms with van der Waals surface area (Å²) in [7, 11) is 0. The molecule has 18 heavy (non-hydrogen) atoms. The summed E-state index contributed by atoms with van der Waals surface area (Å²) in [6.45, 7) is 9.53. The fourth-order valence-corrected chi connectivity index (χ4v) is 1.76. The van der Waals surface area contributed by atoms with Gasteiger partial charge in [0, 0.05) is 6.92 Å². The van der Waals surface area contributed by atoms with Crippen molar-refractivity contribution < 1.29 is 4.74 Å². The second-order valence-corrected chi connectivity index (χ2v) is 4.12. The van der Waals surface area contributed by atoms with E-state index in [9.17, 15) is 0 Å². The molecule has 0 saturated heterocycles. The van der Waals surface area contributed by atoms with Crippen molar-refractivity contribution in [2.45, 2.75) is 19.6 Å². The third kappa shape index (κ3) is 2.89. The molecule has 2 aromatic carbocycles. The van der Waals surface area contributed by atoms with Crippen LogP contribution < -0.4 is 4.74 Å². The molecule has 2 nitrogen and oxygen atoms in total. The summed E-state index contributed by atoms with van der Waals surface area (Å²) in [6.07, 6.45) is 0. The number of para-hydroxylation sites is 1. The summed E-state index contributed by atoms with van der Waals surface area (Å²) in [6, 6.07) is 17.6. The van der Waals surface area contributed by atoms with Crippen LogP contribution in [0.4, 0.5) is 0 Å². The Balaban J connectivity index is 2.13. The summed E-state index contributed by atoms with van der Waals surface area (Å²) in [5.74, 6) is 0.796. The zero-order valence-electron chi connectivity index (χ0n) is 10.3. The number of benzene rings is 2. The van der Waals surface area contributed by atoms with Gasteiger partial charge in [0.05, 0.1) is 5.56 Å². The fourth-order valence-electron chi connectivity index (χ4n) is 1.76. The highest BCUT2D eigenvalue weighted by molar-refractivity contribution is 5.37. The van der Waals surface area contributed by atoms with Crippen LogP contribution in [0, 0.1) is 6.57 Å². The van der Waals surface area contributed by atoms with E-state index in [1.807, 2.05) is 61.5 Å². The monoisotopic (exact) mass is 237 g/mol. The van der Waals surface area contributed by atoms with E-state index >= 15 is 0 Å². The van der Waals surface area contributed by atoms with Gasteiger partial charge < -0.3 is 9.58 Å². The van der Waals surface area contributed by atoms with Crippen LogP contribution >= 0.6 is 0 Å². The molecule has 2 aromatic rings. The molecule has 0 aromatic heterocycles. The number of rotatable bonds is 4. The second kappa shape index (κ2) is 5.88. The molecular formula is C16H15NO. The molecule has 0 amide bonds. The minimum atomic E-state index is -0.169. The molecule has 0 N–H and O–H groups in total. The summed E-state index contributed by atoms with van der Waals surface area (Å²) >= 11 is 0. The van der Waals surface area contributed by atoms with Crippen molar-refractivity contribution in [2.24, 2.45) is 0 Å². The summed E-state index contributed by atoms with van der Waals surface area (Å²) in [5.41, 5.74) is 2.08. The largest absolute Gasteiger partial charge is 0.488 e. The highest BCUT2D eigenvalue weighted by Gasteiger charge is 2.14. The first-order valence-corrected chi connectivity index (χ1v) is 5.93. The van der Waals surface area contributed by atoms with Crippen LogP contribution in [-0.2, 0) is 6.61 Å². The lowest BCUT2D eigenvalue weighted by Crippen LogP contribution is -1.99. The van der Waals surface area contributed by atoms with E-state index in [1.165, 1.54) is 0 Å². The van der Waals surface area contributed by atoms with Crippen molar-refractivity contribution in [1.82, 2.24) is 0 Å². The van der Waals surface area contributed by atoms with Gasteiger partial charge in [0.2, 0.25) is 6.04 Å². The van der Waals surface area contributed by atoms with Crippen molar-refractivity contribution in [3.8, 4) is 5.75 Å². The first kappa shape index (κ1) is 12.2. The van der Waals surface area contributed by atoms with Gasteiger partial charge in [-0.1, -0.05) is 42.5 Å². The molecule has 0 bridgehead atoms. The average Bonchev–Trinajstić information content (AvgIpc) is 2.45. The topological polar surface area (TPSA) is 13.6 Å². The zero-order chi connectivity index (χ0) is 12.8. The maximum Gasteiger partial charge on any atom is 0.249 e. The lowest BCUT2D eigenvalue weighted by atomic mass is 10.1. The predicted molar refractivity (Wildman–Crippen MR) is 72.2 cm³/mol. The molecule has 2 heteroatoms. The number of hydrogen-bond acceptors (Lipinski definition) is 1. The van der Waals surface area contributed by atoms with E-state index in [-0.39, 0.29) is 6.04 Å². The maximum absolute atomic E-state index is 7.11. The van der Waals surface area contributed by atoms with Crippen LogP contribution in [0.3, 0.4) is 0 Å². The Morgan fingerprint density at radius 2 is 1.72 bits per heavy atom. The van der Waals surface area contributed by atoms with Crippen molar-refractivity contribution in [3.63, 3.8) is 0 Å². The maximum atomic E-state index is 7.11. The van der Waals surface area contributed by atoms with E-state index in [2.05, 4.69) is 4.85 Å². The summed E-state index contributed by atoms with van der Waals surface area (Å²) < 4.78 is 5.80. The van der Waals surface area contributed by atoms with Gasteiger partial charge in [-0.15, -0.1) is 0 Å². The summed E-state index contributed by atoms with van der Waals surface area (Å²) in [5, 5.41) is 0. The Labute approximate surface area is 108 Å². The van der Waals surface area contributed by atoms with Crippen LogP contribution in [-0.4, -0.2) is 0 Å². The SMILES string of the molecule is [C-]#[N+][C@@H](C)c1ccccc1OCc1ccccc1. The first-order valence-electron chi connectivity index (χ1n) is 5.93. The minimum Gasteiger partial charge on any atom is -0.488 e. The molecule has 0 spiro atoms. The normalized spacial score (nSPS) is 11.6. The molecule has 0 fully saturated rings. The molecule has 0 heterocycles. The number of ether oxygens (including phenoxy) is 1. The first-order chi connectivity index (χ1) is 8.81. The third-order valence-electron chi connectivity index (χ3n) is 2.80. The highest BCUT2D eigenvalue weighted by Crippen LogP contribution is 2.27. The summed E-state index contributed by atoms with van der Waals surface area (Å²) in [4.78, 5) is 3.54. The van der Waals surface area contributed by atoms with Crippen LogP contribution in [0.5, 0.6) is 5.75 Å². The molecule has 90 valence electrons. The van der Waals surface area contributed by atoms with E-state index < -0.39 is 0 Å². The van der Waals surface area contributed by atoms with Gasteiger partial charge in [-0.25, -0.2) is 6.57 Å². The van der Waals surface area contributed by atoms with E-state index in [0.29, 0.717) is 6.61 Å². The highest BCUT2D eigenvalue weighted by atomic mass is 16.5. The lowest BCUT2D eigenvalue weighted by molar-refractivity contribution is 0.302. The molecule has 2 rings (SSSR count). The molecule has 0 aliphatic rings. The Morgan fingerprint density at radius 3 is 2.44 bits per heavy atom. The van der Waals surface area contributed by atoms with Crippen molar-refractivity contribution >= 4 is 0 Å². The molecule has 0 unspecified atom stereocenters. The smallest absolute Gasteiger partial charge is 0.249 e. The molecule has 0 aliphatic heterocycles. The number of nitrogens with zero attached hydrogens (tertiary/aromatic N) is 1. The minimum absolute atomic E-state index is 0.169. The Bertz CT molecular complexity index is 543. The lowest BCUT2D eigenvalue weighted by Gasteiger charge is -2.10. The van der Waals surface area contributed by atoms with E-state index in [1.54, 1.807) is 0 Å². The van der Waals surface area contributed by atoms with Gasteiger partial charge in [-0.2, -0.15) is 0 Å². The van der Waals surface area contributed by atoms with Gasteiger partial charge in [-0.05, 0) is 17.7 Å². The van der Waals surface area contributed by atoms with Crippen molar-refractivity contribution in [2.75, 3.05) is 0 Å². The Kier molecular flexibility index (Phi) is 3.98. The quantitative estimate of drug-likeness (QED) is 0.725. The van der Waals surface area contributed by atoms with Crippen LogP contribution in [0.15, 0.2) is 54.6 Å². The van der Waals surface area contributed by atoms with Gasteiger partial charge in [0.15, 0.2) is 0 Å². The van der Waals surface area contributed by atoms with Crippen molar-refractivity contribution in [1.29, 1.82) is 0 Å². The third-order valence-corrected chi connectivity index (χ3v) is 2.80. The fraction of sp³-hybridized carbons (Fsp3) is 0.188. The number of hydrogen-bond donors (Lipinski definition) is 0. The van der Waals surface area contributed by atoms with Crippen LogP contribution in [0.25, 0.3) is 4.85 Å². The average molecular weight is 237 g/mol. The standard InChI is InChI=1S/C16H15NO/c1-13(17-2)15-10-6-7-11-16(15)18-12-14-8-4-3-5-9-14/h3-11,13H,12H2,1H3/t13-/m0/s1. The second-order valence-electron chi connectivity index (χ2n) is 4.12. The molecular weight excluding hydrogens is 222 g/mol. The molecule has 1 atom stereocenters.